The maximum atomic E-state index is 11.3. The second-order valence-corrected chi connectivity index (χ2v) is 4.56. The molecule has 0 N–H and O–H groups in total. The largest absolute Gasteiger partial charge is 0.463 e. The minimum Gasteiger partial charge on any atom is -0.463 e. The lowest BCUT2D eigenvalue weighted by Crippen LogP contribution is -2.45. The molecule has 0 aromatic rings. The number of rotatable bonds is 7. The lowest BCUT2D eigenvalue weighted by atomic mass is 10.1. The Kier molecular flexibility index (Phi) is 7.03. The lowest BCUT2D eigenvalue weighted by molar-refractivity contribution is -0.179. The van der Waals surface area contributed by atoms with Crippen molar-refractivity contribution in [1.29, 1.82) is 0 Å². The van der Waals surface area contributed by atoms with Crippen LogP contribution in [0.25, 0.3) is 0 Å². The van der Waals surface area contributed by atoms with E-state index in [-0.39, 0.29) is 6.61 Å². The van der Waals surface area contributed by atoms with E-state index in [2.05, 4.69) is 0 Å². The fraction of sp³-hybridized carbons (Fsp3) is 0.846. The second-order valence-electron chi connectivity index (χ2n) is 4.56. The van der Waals surface area contributed by atoms with Crippen molar-refractivity contribution in [1.82, 2.24) is 0 Å². The van der Waals surface area contributed by atoms with E-state index < -0.39 is 42.6 Å². The van der Waals surface area contributed by atoms with Crippen molar-refractivity contribution in [3.63, 3.8) is 0 Å². The summed E-state index contributed by atoms with van der Waals surface area (Å²) in [6, 6.07) is 0. The third-order valence-corrected chi connectivity index (χ3v) is 3.13. The van der Waals surface area contributed by atoms with E-state index in [4.69, 9.17) is 28.4 Å². The van der Waals surface area contributed by atoms with Crippen LogP contribution < -0.4 is 0 Å². The molecule has 5 unspecified atom stereocenters. The zero-order chi connectivity index (χ0) is 16.0. The summed E-state index contributed by atoms with van der Waals surface area (Å²) in [4.78, 5) is 22.2. The molecule has 0 aromatic carbocycles. The van der Waals surface area contributed by atoms with Crippen molar-refractivity contribution >= 4 is 11.9 Å². The quantitative estimate of drug-likeness (QED) is 0.602. The van der Waals surface area contributed by atoms with Gasteiger partial charge in [0, 0.05) is 35.2 Å². The molecule has 0 bridgehead atoms. The van der Waals surface area contributed by atoms with Crippen LogP contribution in [-0.4, -0.2) is 70.6 Å². The summed E-state index contributed by atoms with van der Waals surface area (Å²) < 4.78 is 31.6. The summed E-state index contributed by atoms with van der Waals surface area (Å²) in [7, 11) is 4.37. The van der Waals surface area contributed by atoms with Gasteiger partial charge in [-0.1, -0.05) is 0 Å². The summed E-state index contributed by atoms with van der Waals surface area (Å²) in [6.45, 7) is 2.56. The highest BCUT2D eigenvalue weighted by atomic mass is 16.7. The number of esters is 2. The molecule has 0 aromatic heterocycles. The molecule has 0 spiro atoms. The normalized spacial score (nSPS) is 30.0. The average molecular weight is 306 g/mol. The molecule has 5 atom stereocenters. The van der Waals surface area contributed by atoms with E-state index in [1.807, 2.05) is 0 Å². The van der Waals surface area contributed by atoms with Gasteiger partial charge in [-0.2, -0.15) is 0 Å². The molecule has 1 saturated heterocycles. The number of carbonyl (C=O) groups is 2. The smallest absolute Gasteiger partial charge is 0.303 e. The van der Waals surface area contributed by atoms with Crippen LogP contribution >= 0.6 is 0 Å². The Morgan fingerprint density at radius 2 is 1.71 bits per heavy atom. The minimum absolute atomic E-state index is 0.0267. The predicted octanol–water partition coefficient (Wildman–Crippen LogP) is -0.117. The van der Waals surface area contributed by atoms with Gasteiger partial charge in [-0.15, -0.1) is 0 Å². The SMILES string of the molecule is COC(COC(C)=O)C1OC(OC)C(OC)C1OC(C)=O. The van der Waals surface area contributed by atoms with Gasteiger partial charge in [0.25, 0.3) is 0 Å². The molecule has 1 rings (SSSR count). The molecular weight excluding hydrogens is 284 g/mol. The van der Waals surface area contributed by atoms with Crippen molar-refractivity contribution < 1.29 is 38.0 Å². The number of carbonyl (C=O) groups excluding carboxylic acids is 2. The fourth-order valence-corrected chi connectivity index (χ4v) is 2.21. The Bertz CT molecular complexity index is 358. The number of hydrogen-bond donors (Lipinski definition) is 0. The Labute approximate surface area is 123 Å². The average Bonchev–Trinajstić information content (AvgIpc) is 2.76. The second kappa shape index (κ2) is 8.28. The third kappa shape index (κ3) is 4.63. The van der Waals surface area contributed by atoms with Crippen molar-refractivity contribution in [2.75, 3.05) is 27.9 Å². The van der Waals surface area contributed by atoms with Crippen LogP contribution in [-0.2, 0) is 38.0 Å². The molecule has 0 saturated carbocycles. The zero-order valence-electron chi connectivity index (χ0n) is 12.9. The molecule has 1 aliphatic heterocycles. The van der Waals surface area contributed by atoms with Crippen LogP contribution in [0.15, 0.2) is 0 Å². The van der Waals surface area contributed by atoms with Crippen LogP contribution in [0.5, 0.6) is 0 Å². The molecule has 1 fully saturated rings. The molecule has 122 valence electrons. The number of methoxy groups -OCH3 is 3. The molecule has 0 radical (unpaired) electrons. The minimum atomic E-state index is -0.724. The molecule has 1 heterocycles. The van der Waals surface area contributed by atoms with Gasteiger partial charge in [0.1, 0.15) is 24.9 Å². The lowest BCUT2D eigenvalue weighted by Gasteiger charge is -2.26. The van der Waals surface area contributed by atoms with Crippen LogP contribution in [0.2, 0.25) is 0 Å². The molecule has 8 nitrogen and oxygen atoms in total. The van der Waals surface area contributed by atoms with Crippen molar-refractivity contribution in [3.8, 4) is 0 Å². The number of ether oxygens (including phenoxy) is 6. The van der Waals surface area contributed by atoms with Crippen LogP contribution in [0.4, 0.5) is 0 Å². The van der Waals surface area contributed by atoms with E-state index in [1.54, 1.807) is 0 Å². The van der Waals surface area contributed by atoms with Gasteiger partial charge in [0.05, 0.1) is 0 Å². The molecule has 21 heavy (non-hydrogen) atoms. The summed E-state index contributed by atoms with van der Waals surface area (Å²) >= 11 is 0. The van der Waals surface area contributed by atoms with E-state index in [0.29, 0.717) is 0 Å². The Hall–Kier alpha value is -1.22. The first-order valence-electron chi connectivity index (χ1n) is 6.49. The fourth-order valence-electron chi connectivity index (χ4n) is 2.21. The maximum Gasteiger partial charge on any atom is 0.303 e. The molecular formula is C13H22O8. The van der Waals surface area contributed by atoms with Crippen molar-refractivity contribution in [2.24, 2.45) is 0 Å². The third-order valence-electron chi connectivity index (χ3n) is 3.13. The number of hydrogen-bond acceptors (Lipinski definition) is 8. The highest BCUT2D eigenvalue weighted by molar-refractivity contribution is 5.66. The van der Waals surface area contributed by atoms with Gasteiger partial charge in [0.2, 0.25) is 0 Å². The summed E-state index contributed by atoms with van der Waals surface area (Å²) in [5.41, 5.74) is 0. The molecule has 0 amide bonds. The maximum absolute atomic E-state index is 11.3. The van der Waals surface area contributed by atoms with Crippen molar-refractivity contribution in [2.45, 2.75) is 44.6 Å². The van der Waals surface area contributed by atoms with E-state index in [0.717, 1.165) is 0 Å². The molecule has 1 aliphatic rings. The van der Waals surface area contributed by atoms with Crippen LogP contribution in [0.3, 0.4) is 0 Å². The molecule has 8 heteroatoms. The Morgan fingerprint density at radius 1 is 1.05 bits per heavy atom. The van der Waals surface area contributed by atoms with Crippen molar-refractivity contribution in [3.05, 3.63) is 0 Å². The Balaban J connectivity index is 2.88. The standard InChI is InChI=1S/C13H22O8/c1-7(14)19-6-9(16-3)10-11(20-8(2)15)12(17-4)13(18-5)21-10/h9-13H,6H2,1-5H3. The van der Waals surface area contributed by atoms with Gasteiger partial charge in [-0.3, -0.25) is 9.59 Å². The summed E-state index contributed by atoms with van der Waals surface area (Å²) in [5, 5.41) is 0. The predicted molar refractivity (Wildman–Crippen MR) is 69.5 cm³/mol. The first kappa shape index (κ1) is 17.8. The highest BCUT2D eigenvalue weighted by Crippen LogP contribution is 2.30. The van der Waals surface area contributed by atoms with Crippen LogP contribution in [0.1, 0.15) is 13.8 Å². The van der Waals surface area contributed by atoms with Gasteiger partial charge < -0.3 is 28.4 Å². The topological polar surface area (TPSA) is 89.5 Å². The molecule has 0 aliphatic carbocycles. The van der Waals surface area contributed by atoms with Gasteiger partial charge in [-0.05, 0) is 0 Å². The van der Waals surface area contributed by atoms with E-state index in [9.17, 15) is 9.59 Å². The van der Waals surface area contributed by atoms with Gasteiger partial charge >= 0.3 is 11.9 Å². The Morgan fingerprint density at radius 3 is 2.14 bits per heavy atom. The van der Waals surface area contributed by atoms with Crippen LogP contribution in [0, 0.1) is 0 Å². The highest BCUT2D eigenvalue weighted by Gasteiger charge is 2.51. The first-order valence-corrected chi connectivity index (χ1v) is 6.49. The first-order chi connectivity index (χ1) is 9.94. The zero-order valence-corrected chi connectivity index (χ0v) is 12.9. The summed E-state index contributed by atoms with van der Waals surface area (Å²) in [5.74, 6) is -0.916. The summed E-state index contributed by atoms with van der Waals surface area (Å²) in [6.07, 6.45) is -3.32. The van der Waals surface area contributed by atoms with E-state index in [1.165, 1.54) is 35.2 Å². The monoisotopic (exact) mass is 306 g/mol. The van der Waals surface area contributed by atoms with Gasteiger partial charge in [0.15, 0.2) is 12.4 Å². The van der Waals surface area contributed by atoms with Gasteiger partial charge in [-0.25, -0.2) is 0 Å². The van der Waals surface area contributed by atoms with E-state index >= 15 is 0 Å².